The Bertz CT molecular complexity index is 515. The molecule has 0 radical (unpaired) electrons. The molecule has 16 heavy (non-hydrogen) atoms. The van der Waals surface area contributed by atoms with E-state index < -0.39 is 11.6 Å². The molecule has 0 bridgehead atoms. The summed E-state index contributed by atoms with van der Waals surface area (Å²) >= 11 is 0. The maximum absolute atomic E-state index is 13.5. The molecule has 3 heteroatoms. The van der Waals surface area contributed by atoms with E-state index in [9.17, 15) is 8.78 Å². The second-order valence-corrected chi connectivity index (χ2v) is 3.37. The summed E-state index contributed by atoms with van der Waals surface area (Å²) in [4.78, 5) is 0. The molecule has 0 atom stereocenters. The molecule has 1 nitrogen and oxygen atoms in total. The number of rotatable bonds is 2. The summed E-state index contributed by atoms with van der Waals surface area (Å²) in [6, 6.07) is 10.3. The van der Waals surface area contributed by atoms with Gasteiger partial charge in [0.25, 0.3) is 0 Å². The van der Waals surface area contributed by atoms with Gasteiger partial charge in [-0.05, 0) is 29.3 Å². The molecule has 0 fully saturated rings. The van der Waals surface area contributed by atoms with Crippen molar-refractivity contribution in [2.45, 2.75) is 0 Å². The molecule has 0 amide bonds. The second-order valence-electron chi connectivity index (χ2n) is 3.37. The van der Waals surface area contributed by atoms with Crippen LogP contribution in [-0.2, 0) is 0 Å². The van der Waals surface area contributed by atoms with E-state index in [0.717, 1.165) is 6.21 Å². The van der Waals surface area contributed by atoms with Crippen LogP contribution in [0.2, 0.25) is 0 Å². The fraction of sp³-hybridized carbons (Fsp3) is 0. The van der Waals surface area contributed by atoms with E-state index >= 15 is 0 Å². The molecule has 0 saturated heterocycles. The summed E-state index contributed by atoms with van der Waals surface area (Å²) in [6.07, 6.45) is 1.14. The van der Waals surface area contributed by atoms with Crippen LogP contribution in [0.3, 0.4) is 0 Å². The van der Waals surface area contributed by atoms with Gasteiger partial charge in [-0.25, -0.2) is 8.78 Å². The third-order valence-electron chi connectivity index (χ3n) is 2.30. The smallest absolute Gasteiger partial charge is 0.133 e. The normalized spacial score (nSPS) is 10.1. The molecular weight excluding hydrogens is 208 g/mol. The van der Waals surface area contributed by atoms with Crippen molar-refractivity contribution < 1.29 is 8.78 Å². The maximum atomic E-state index is 13.5. The van der Waals surface area contributed by atoms with E-state index in [1.165, 1.54) is 18.2 Å². The van der Waals surface area contributed by atoms with Crippen molar-refractivity contribution in [2.24, 2.45) is 0 Å². The van der Waals surface area contributed by atoms with E-state index in [4.69, 9.17) is 5.41 Å². The van der Waals surface area contributed by atoms with Gasteiger partial charge in [-0.3, -0.25) is 0 Å². The number of nitrogens with one attached hydrogen (secondary N) is 1. The molecule has 80 valence electrons. The van der Waals surface area contributed by atoms with Gasteiger partial charge >= 0.3 is 0 Å². The Morgan fingerprint density at radius 3 is 2.19 bits per heavy atom. The van der Waals surface area contributed by atoms with Gasteiger partial charge in [0, 0.05) is 6.21 Å². The highest BCUT2D eigenvalue weighted by atomic mass is 19.1. The Kier molecular flexibility index (Phi) is 2.77. The van der Waals surface area contributed by atoms with Crippen LogP contribution in [0.5, 0.6) is 0 Å². The summed E-state index contributed by atoms with van der Waals surface area (Å²) in [5.74, 6) is -1.19. The predicted molar refractivity (Wildman–Crippen MR) is 59.7 cm³/mol. The fourth-order valence-corrected chi connectivity index (χ4v) is 1.56. The fourth-order valence-electron chi connectivity index (χ4n) is 1.56. The number of halogens is 2. The van der Waals surface area contributed by atoms with Crippen LogP contribution in [0.4, 0.5) is 8.78 Å². The summed E-state index contributed by atoms with van der Waals surface area (Å²) in [5.41, 5.74) is 1.00. The van der Waals surface area contributed by atoms with Gasteiger partial charge in [-0.1, -0.05) is 24.3 Å². The molecule has 1 N–H and O–H groups in total. The molecule has 0 aromatic heterocycles. The van der Waals surface area contributed by atoms with Gasteiger partial charge in [0.05, 0.1) is 5.56 Å². The van der Waals surface area contributed by atoms with E-state index in [1.807, 2.05) is 0 Å². The third-order valence-corrected chi connectivity index (χ3v) is 2.30. The van der Waals surface area contributed by atoms with Crippen LogP contribution in [0.15, 0.2) is 42.5 Å². The highest BCUT2D eigenvalue weighted by Crippen LogP contribution is 2.26. The zero-order valence-electron chi connectivity index (χ0n) is 8.37. The summed E-state index contributed by atoms with van der Waals surface area (Å²) in [6.45, 7) is 0. The molecule has 0 spiro atoms. The first kappa shape index (κ1) is 10.5. The lowest BCUT2D eigenvalue weighted by Gasteiger charge is -2.05. The molecule has 2 aromatic rings. The van der Waals surface area contributed by atoms with Crippen molar-refractivity contribution in [2.75, 3.05) is 0 Å². The molecular formula is C13H9F2N. The standard InChI is InChI=1S/C13H9F2N/c14-11-5-2-6-12(15)13(11)10-4-1-3-9(7-10)8-16/h1-8,16H. The number of hydrogen-bond donors (Lipinski definition) is 1. The first-order valence-corrected chi connectivity index (χ1v) is 4.77. The summed E-state index contributed by atoms with van der Waals surface area (Å²) in [7, 11) is 0. The van der Waals surface area contributed by atoms with E-state index in [2.05, 4.69) is 0 Å². The molecule has 0 heterocycles. The lowest BCUT2D eigenvalue weighted by molar-refractivity contribution is 0.589. The highest BCUT2D eigenvalue weighted by molar-refractivity contribution is 5.80. The molecule has 0 aliphatic heterocycles. The SMILES string of the molecule is N=Cc1cccc(-c2c(F)cccc2F)c1. The van der Waals surface area contributed by atoms with Crippen LogP contribution in [0.1, 0.15) is 5.56 Å². The van der Waals surface area contributed by atoms with Crippen LogP contribution >= 0.6 is 0 Å². The van der Waals surface area contributed by atoms with E-state index in [0.29, 0.717) is 11.1 Å². The van der Waals surface area contributed by atoms with Crippen molar-refractivity contribution >= 4 is 6.21 Å². The van der Waals surface area contributed by atoms with Gasteiger partial charge in [-0.15, -0.1) is 0 Å². The average Bonchev–Trinajstić information content (AvgIpc) is 2.29. The first-order valence-electron chi connectivity index (χ1n) is 4.77. The van der Waals surface area contributed by atoms with Crippen molar-refractivity contribution in [3.05, 3.63) is 59.7 Å². The number of benzene rings is 2. The lowest BCUT2D eigenvalue weighted by atomic mass is 10.0. The molecule has 2 aromatic carbocycles. The van der Waals surface area contributed by atoms with Crippen LogP contribution < -0.4 is 0 Å². The zero-order chi connectivity index (χ0) is 11.5. The van der Waals surface area contributed by atoms with E-state index in [1.54, 1.807) is 24.3 Å². The van der Waals surface area contributed by atoms with Crippen molar-refractivity contribution in [1.82, 2.24) is 0 Å². The van der Waals surface area contributed by atoms with Gasteiger partial charge < -0.3 is 5.41 Å². The maximum Gasteiger partial charge on any atom is 0.133 e. The van der Waals surface area contributed by atoms with Crippen LogP contribution in [0, 0.1) is 17.0 Å². The first-order chi connectivity index (χ1) is 7.72. The van der Waals surface area contributed by atoms with Crippen molar-refractivity contribution in [1.29, 1.82) is 5.41 Å². The second kappa shape index (κ2) is 4.23. The summed E-state index contributed by atoms with van der Waals surface area (Å²) in [5, 5.41) is 7.10. The minimum atomic E-state index is -0.595. The van der Waals surface area contributed by atoms with Gasteiger partial charge in [0.2, 0.25) is 0 Å². The predicted octanol–water partition coefficient (Wildman–Crippen LogP) is 3.63. The van der Waals surface area contributed by atoms with Crippen LogP contribution in [-0.4, -0.2) is 6.21 Å². The molecule has 0 saturated carbocycles. The summed E-state index contributed by atoms with van der Waals surface area (Å²) < 4.78 is 26.9. The van der Waals surface area contributed by atoms with Crippen molar-refractivity contribution in [3.8, 4) is 11.1 Å². The Balaban J connectivity index is 2.62. The lowest BCUT2D eigenvalue weighted by Crippen LogP contribution is -1.90. The molecule has 0 aliphatic rings. The highest BCUT2D eigenvalue weighted by Gasteiger charge is 2.10. The average molecular weight is 217 g/mol. The molecule has 0 unspecified atom stereocenters. The Morgan fingerprint density at radius 1 is 0.938 bits per heavy atom. The quantitative estimate of drug-likeness (QED) is 0.743. The topological polar surface area (TPSA) is 23.9 Å². The Labute approximate surface area is 91.9 Å². The molecule has 0 aliphatic carbocycles. The number of hydrogen-bond acceptors (Lipinski definition) is 1. The monoisotopic (exact) mass is 217 g/mol. The van der Waals surface area contributed by atoms with Gasteiger partial charge in [-0.2, -0.15) is 0 Å². The van der Waals surface area contributed by atoms with Gasteiger partial charge in [0.15, 0.2) is 0 Å². The minimum absolute atomic E-state index is 0.0498. The van der Waals surface area contributed by atoms with E-state index in [-0.39, 0.29) is 5.56 Å². The Morgan fingerprint density at radius 2 is 1.56 bits per heavy atom. The van der Waals surface area contributed by atoms with Gasteiger partial charge in [0.1, 0.15) is 11.6 Å². The zero-order valence-corrected chi connectivity index (χ0v) is 8.37. The van der Waals surface area contributed by atoms with Crippen LogP contribution in [0.25, 0.3) is 11.1 Å². The third kappa shape index (κ3) is 1.84. The minimum Gasteiger partial charge on any atom is -0.308 e. The largest absolute Gasteiger partial charge is 0.308 e. The molecule has 2 rings (SSSR count). The Hall–Kier alpha value is -2.03. The van der Waals surface area contributed by atoms with Crippen molar-refractivity contribution in [3.63, 3.8) is 0 Å².